The van der Waals surface area contributed by atoms with Gasteiger partial charge >= 0.3 is 6.18 Å². The van der Waals surface area contributed by atoms with E-state index >= 15 is 0 Å². The summed E-state index contributed by atoms with van der Waals surface area (Å²) < 4.78 is 50.1. The molecule has 1 N–H and O–H groups in total. The Bertz CT molecular complexity index is 638. The Labute approximate surface area is 114 Å². The van der Waals surface area contributed by atoms with Crippen LogP contribution in [0.4, 0.5) is 13.2 Å². The number of halogens is 3. The lowest BCUT2D eigenvalue weighted by Crippen LogP contribution is -2.23. The van der Waals surface area contributed by atoms with E-state index in [9.17, 15) is 22.6 Å². The summed E-state index contributed by atoms with van der Waals surface area (Å²) in [5.74, 6) is 0. The molecule has 0 spiro atoms. The van der Waals surface area contributed by atoms with Gasteiger partial charge in [-0.25, -0.2) is 0 Å². The zero-order valence-electron chi connectivity index (χ0n) is 10.3. The Morgan fingerprint density at radius 1 is 0.950 bits per heavy atom. The SMILES string of the molecule is O=P(O)(c1ccccc1)c1ccccc1CC(F)(F)F. The van der Waals surface area contributed by atoms with Gasteiger partial charge in [-0.1, -0.05) is 36.4 Å². The summed E-state index contributed by atoms with van der Waals surface area (Å²) in [6.45, 7) is 0. The van der Waals surface area contributed by atoms with Gasteiger partial charge in [-0.2, -0.15) is 13.2 Å². The largest absolute Gasteiger partial charge is 0.393 e. The van der Waals surface area contributed by atoms with Crippen molar-refractivity contribution >= 4 is 18.0 Å². The quantitative estimate of drug-likeness (QED) is 0.885. The Balaban J connectivity index is 2.50. The summed E-state index contributed by atoms with van der Waals surface area (Å²) in [6.07, 6.45) is -5.65. The first kappa shape index (κ1) is 14.8. The molecule has 106 valence electrons. The molecule has 0 amide bonds. The van der Waals surface area contributed by atoms with Gasteiger partial charge in [0.25, 0.3) is 7.37 Å². The minimum Gasteiger partial charge on any atom is -0.338 e. The molecular formula is C14H12F3O2P. The van der Waals surface area contributed by atoms with Gasteiger partial charge in [-0.3, -0.25) is 4.57 Å². The van der Waals surface area contributed by atoms with Crippen LogP contribution < -0.4 is 10.6 Å². The van der Waals surface area contributed by atoms with E-state index in [0.717, 1.165) is 0 Å². The molecule has 0 aliphatic heterocycles. The first-order chi connectivity index (χ1) is 9.31. The molecule has 2 aromatic carbocycles. The molecule has 0 heterocycles. The Kier molecular flexibility index (Phi) is 4.02. The highest BCUT2D eigenvalue weighted by atomic mass is 31.2. The average Bonchev–Trinajstić information content (AvgIpc) is 2.38. The van der Waals surface area contributed by atoms with Crippen molar-refractivity contribution in [2.45, 2.75) is 12.6 Å². The van der Waals surface area contributed by atoms with Crippen LogP contribution in [0.25, 0.3) is 0 Å². The summed E-state index contributed by atoms with van der Waals surface area (Å²) in [5.41, 5.74) is -0.172. The Hall–Kier alpha value is -1.58. The molecule has 0 saturated carbocycles. The predicted octanol–water partition coefficient (Wildman–Crippen LogP) is 3.01. The molecule has 2 nitrogen and oxygen atoms in total. The fourth-order valence-electron chi connectivity index (χ4n) is 1.94. The monoisotopic (exact) mass is 300 g/mol. The average molecular weight is 300 g/mol. The highest BCUT2D eigenvalue weighted by molar-refractivity contribution is 7.73. The van der Waals surface area contributed by atoms with E-state index in [1.54, 1.807) is 18.2 Å². The summed E-state index contributed by atoms with van der Waals surface area (Å²) >= 11 is 0. The summed E-state index contributed by atoms with van der Waals surface area (Å²) in [6, 6.07) is 13.1. The van der Waals surface area contributed by atoms with Gasteiger partial charge in [0.1, 0.15) is 0 Å². The van der Waals surface area contributed by atoms with Gasteiger partial charge in [-0.05, 0) is 23.8 Å². The molecule has 2 aromatic rings. The van der Waals surface area contributed by atoms with E-state index in [0.29, 0.717) is 0 Å². The van der Waals surface area contributed by atoms with Crippen LogP contribution in [0, 0.1) is 0 Å². The minimum atomic E-state index is -4.42. The van der Waals surface area contributed by atoms with E-state index in [-0.39, 0.29) is 16.2 Å². The van der Waals surface area contributed by atoms with E-state index in [1.165, 1.54) is 36.4 Å². The first-order valence-corrected chi connectivity index (χ1v) is 7.50. The number of alkyl halides is 3. The smallest absolute Gasteiger partial charge is 0.338 e. The molecule has 0 radical (unpaired) electrons. The van der Waals surface area contributed by atoms with Gasteiger partial charge in [0.05, 0.1) is 6.42 Å². The molecule has 1 unspecified atom stereocenters. The highest BCUT2D eigenvalue weighted by Gasteiger charge is 2.33. The van der Waals surface area contributed by atoms with Crippen molar-refractivity contribution < 1.29 is 22.6 Å². The second kappa shape index (κ2) is 5.43. The third kappa shape index (κ3) is 3.30. The summed E-state index contributed by atoms with van der Waals surface area (Å²) in [7, 11) is -4.02. The maximum atomic E-state index is 12.5. The maximum absolute atomic E-state index is 12.5. The van der Waals surface area contributed by atoms with Gasteiger partial charge in [0, 0.05) is 10.6 Å². The van der Waals surface area contributed by atoms with Gasteiger partial charge in [0.2, 0.25) is 0 Å². The van der Waals surface area contributed by atoms with Crippen LogP contribution in [-0.2, 0) is 11.0 Å². The van der Waals surface area contributed by atoms with Crippen molar-refractivity contribution in [3.8, 4) is 0 Å². The predicted molar refractivity (Wildman–Crippen MR) is 71.7 cm³/mol. The molecule has 2 rings (SSSR count). The van der Waals surface area contributed by atoms with Crippen LogP contribution >= 0.6 is 7.37 Å². The van der Waals surface area contributed by atoms with E-state index in [1.807, 2.05) is 0 Å². The number of hydrogen-bond acceptors (Lipinski definition) is 1. The second-order valence-corrected chi connectivity index (χ2v) is 6.48. The third-order valence-electron chi connectivity index (χ3n) is 2.82. The first-order valence-electron chi connectivity index (χ1n) is 5.84. The van der Waals surface area contributed by atoms with Gasteiger partial charge < -0.3 is 4.89 Å². The zero-order valence-corrected chi connectivity index (χ0v) is 11.2. The van der Waals surface area contributed by atoms with Crippen LogP contribution in [0.15, 0.2) is 54.6 Å². The van der Waals surface area contributed by atoms with Crippen molar-refractivity contribution in [2.75, 3.05) is 0 Å². The fourth-order valence-corrected chi connectivity index (χ4v) is 3.63. The lowest BCUT2D eigenvalue weighted by molar-refractivity contribution is -0.127. The second-order valence-electron chi connectivity index (χ2n) is 4.33. The van der Waals surface area contributed by atoms with E-state index in [2.05, 4.69) is 0 Å². The molecule has 0 aliphatic rings. The normalized spacial score (nSPS) is 14.8. The summed E-state index contributed by atoms with van der Waals surface area (Å²) in [4.78, 5) is 10.2. The lowest BCUT2D eigenvalue weighted by atomic mass is 10.1. The standard InChI is InChI=1S/C14H12F3O2P/c15-14(16,17)10-11-6-4-5-9-13(11)20(18,19)12-7-2-1-3-8-12/h1-9H,10H2,(H,18,19). The number of hydrogen-bond donors (Lipinski definition) is 1. The Morgan fingerprint density at radius 2 is 1.50 bits per heavy atom. The molecular weight excluding hydrogens is 288 g/mol. The maximum Gasteiger partial charge on any atom is 0.393 e. The van der Waals surface area contributed by atoms with Crippen LogP contribution in [0.5, 0.6) is 0 Å². The minimum absolute atomic E-state index is 0.120. The van der Waals surface area contributed by atoms with Crippen LogP contribution in [0.1, 0.15) is 5.56 Å². The van der Waals surface area contributed by atoms with E-state index < -0.39 is 20.0 Å². The van der Waals surface area contributed by atoms with Crippen LogP contribution in [0.2, 0.25) is 0 Å². The molecule has 0 aromatic heterocycles. The van der Waals surface area contributed by atoms with Crippen molar-refractivity contribution in [1.29, 1.82) is 0 Å². The fraction of sp³-hybridized carbons (Fsp3) is 0.143. The Morgan fingerprint density at radius 3 is 2.10 bits per heavy atom. The van der Waals surface area contributed by atoms with Crippen molar-refractivity contribution in [1.82, 2.24) is 0 Å². The van der Waals surface area contributed by atoms with Gasteiger partial charge in [-0.15, -0.1) is 0 Å². The molecule has 0 fully saturated rings. The van der Waals surface area contributed by atoms with Crippen LogP contribution in [0.3, 0.4) is 0 Å². The third-order valence-corrected chi connectivity index (χ3v) is 4.90. The van der Waals surface area contributed by atoms with Crippen molar-refractivity contribution in [2.24, 2.45) is 0 Å². The number of benzene rings is 2. The highest BCUT2D eigenvalue weighted by Crippen LogP contribution is 2.40. The van der Waals surface area contributed by atoms with Crippen molar-refractivity contribution in [3.05, 3.63) is 60.2 Å². The van der Waals surface area contributed by atoms with E-state index in [4.69, 9.17) is 0 Å². The van der Waals surface area contributed by atoms with Gasteiger partial charge in [0.15, 0.2) is 0 Å². The lowest BCUT2D eigenvalue weighted by Gasteiger charge is -2.17. The molecule has 0 aliphatic carbocycles. The molecule has 0 bridgehead atoms. The molecule has 20 heavy (non-hydrogen) atoms. The van der Waals surface area contributed by atoms with Crippen molar-refractivity contribution in [3.63, 3.8) is 0 Å². The molecule has 0 saturated heterocycles. The number of rotatable bonds is 3. The molecule has 1 atom stereocenters. The zero-order chi connectivity index (χ0) is 14.8. The summed E-state index contributed by atoms with van der Waals surface area (Å²) in [5, 5.41) is -0.0434. The topological polar surface area (TPSA) is 37.3 Å². The molecule has 6 heteroatoms. The van der Waals surface area contributed by atoms with Crippen LogP contribution in [-0.4, -0.2) is 11.1 Å².